The van der Waals surface area contributed by atoms with E-state index >= 15 is 0 Å². The predicted molar refractivity (Wildman–Crippen MR) is 124 cm³/mol. The Morgan fingerprint density at radius 3 is 2.66 bits per heavy atom. The highest BCUT2D eigenvalue weighted by molar-refractivity contribution is 7.52. The van der Waals surface area contributed by atoms with E-state index in [1.807, 2.05) is 0 Å². The number of esters is 1. The van der Waals surface area contributed by atoms with Crippen LogP contribution in [0.15, 0.2) is 52.2 Å². The Bertz CT molecular complexity index is 1180. The Kier molecular flexibility index (Phi) is 8.31. The van der Waals surface area contributed by atoms with E-state index in [0.29, 0.717) is 0 Å². The minimum atomic E-state index is -4.20. The predicted octanol–water partition coefficient (Wildman–Crippen LogP) is 0.257. The van der Waals surface area contributed by atoms with Crippen LogP contribution >= 0.6 is 7.75 Å². The minimum absolute atomic E-state index is 0.123. The van der Waals surface area contributed by atoms with Crippen LogP contribution in [0, 0.1) is 0 Å². The molecule has 0 bridgehead atoms. The van der Waals surface area contributed by atoms with Crippen LogP contribution in [-0.4, -0.2) is 57.6 Å². The Morgan fingerprint density at radius 1 is 1.34 bits per heavy atom. The first-order valence-corrected chi connectivity index (χ1v) is 12.4. The van der Waals surface area contributed by atoms with Gasteiger partial charge in [0.15, 0.2) is 6.23 Å². The quantitative estimate of drug-likeness (QED) is 0.253. The third-order valence-corrected chi connectivity index (χ3v) is 6.94. The van der Waals surface area contributed by atoms with Crippen LogP contribution in [0.1, 0.15) is 27.0 Å². The van der Waals surface area contributed by atoms with Gasteiger partial charge in [0.05, 0.1) is 18.8 Å². The molecule has 0 spiro atoms. The highest BCUT2D eigenvalue weighted by Gasteiger charge is 2.52. The van der Waals surface area contributed by atoms with Crippen molar-refractivity contribution >= 4 is 13.7 Å². The van der Waals surface area contributed by atoms with Crippen molar-refractivity contribution in [3.63, 3.8) is 0 Å². The molecule has 35 heavy (non-hydrogen) atoms. The number of aliphatic hydroxyl groups is 1. The Balaban J connectivity index is 1.80. The molecule has 13 nitrogen and oxygen atoms in total. The lowest BCUT2D eigenvalue weighted by atomic mass is 9.93. The van der Waals surface area contributed by atoms with Crippen LogP contribution in [0.25, 0.3) is 0 Å². The number of nitrogens with two attached hydrogens (primary N) is 1. The van der Waals surface area contributed by atoms with Crippen molar-refractivity contribution in [3.05, 3.63) is 63.4 Å². The maximum absolute atomic E-state index is 13.5. The fourth-order valence-corrected chi connectivity index (χ4v) is 4.98. The summed E-state index contributed by atoms with van der Waals surface area (Å²) in [4.78, 5) is 37.8. The summed E-state index contributed by atoms with van der Waals surface area (Å²) >= 11 is 0. The Hall–Kier alpha value is -2.80. The molecule has 6 atom stereocenters. The van der Waals surface area contributed by atoms with Gasteiger partial charge >= 0.3 is 19.4 Å². The SMILES string of the molecule is CCOC(=O)[C@H](C)NP(=O)(OC[C@H]1O[C@@H](n2ccc(=O)[nH]c2=O)[C@](C)(N)C1O)Oc1ccccc1. The maximum Gasteiger partial charge on any atom is 0.459 e. The molecule has 3 rings (SSSR count). The summed E-state index contributed by atoms with van der Waals surface area (Å²) in [7, 11) is -4.20. The van der Waals surface area contributed by atoms with E-state index in [9.17, 15) is 24.1 Å². The molecule has 1 fully saturated rings. The minimum Gasteiger partial charge on any atom is -0.465 e. The lowest BCUT2D eigenvalue weighted by Gasteiger charge is -2.28. The average molecular weight is 512 g/mol. The average Bonchev–Trinajstić information content (AvgIpc) is 3.02. The van der Waals surface area contributed by atoms with E-state index in [4.69, 9.17) is 24.3 Å². The number of aliphatic hydroxyl groups excluding tert-OH is 1. The van der Waals surface area contributed by atoms with E-state index in [1.165, 1.54) is 20.0 Å². The molecule has 2 heterocycles. The number of ether oxygens (including phenoxy) is 2. The molecule has 2 aromatic rings. The number of aromatic nitrogens is 2. The van der Waals surface area contributed by atoms with Gasteiger partial charge in [-0.1, -0.05) is 18.2 Å². The van der Waals surface area contributed by atoms with E-state index in [1.54, 1.807) is 37.3 Å². The summed E-state index contributed by atoms with van der Waals surface area (Å²) in [5, 5.41) is 13.3. The summed E-state index contributed by atoms with van der Waals surface area (Å²) < 4.78 is 36.4. The van der Waals surface area contributed by atoms with Gasteiger partial charge in [-0.05, 0) is 32.9 Å². The maximum atomic E-state index is 13.5. The number of rotatable bonds is 10. The fraction of sp³-hybridized carbons (Fsp3) is 0.476. The number of aromatic amines is 1. The highest BCUT2D eigenvalue weighted by Crippen LogP contribution is 2.46. The van der Waals surface area contributed by atoms with Gasteiger partial charge in [-0.25, -0.2) is 9.36 Å². The van der Waals surface area contributed by atoms with Gasteiger partial charge in [-0.15, -0.1) is 0 Å². The van der Waals surface area contributed by atoms with Crippen LogP contribution in [0.2, 0.25) is 0 Å². The lowest BCUT2D eigenvalue weighted by molar-refractivity contribution is -0.144. The smallest absolute Gasteiger partial charge is 0.459 e. The first-order chi connectivity index (χ1) is 16.5. The normalized spacial score (nSPS) is 26.6. The summed E-state index contributed by atoms with van der Waals surface area (Å²) in [5.41, 5.74) is 3.38. The largest absolute Gasteiger partial charge is 0.465 e. The highest BCUT2D eigenvalue weighted by atomic mass is 31.2. The van der Waals surface area contributed by atoms with Gasteiger partial charge in [0.1, 0.15) is 24.0 Å². The molecule has 0 saturated carbocycles. The molecule has 1 aromatic carbocycles. The van der Waals surface area contributed by atoms with Crippen molar-refractivity contribution in [1.29, 1.82) is 0 Å². The van der Waals surface area contributed by atoms with Gasteiger partial charge in [0, 0.05) is 12.3 Å². The van der Waals surface area contributed by atoms with E-state index < -0.39 is 61.6 Å². The van der Waals surface area contributed by atoms with Crippen LogP contribution in [-0.2, 0) is 23.4 Å². The number of nitrogens with zero attached hydrogens (tertiary/aromatic N) is 1. The van der Waals surface area contributed by atoms with Crippen LogP contribution < -0.4 is 26.6 Å². The van der Waals surface area contributed by atoms with Crippen molar-refractivity contribution in [3.8, 4) is 5.75 Å². The Morgan fingerprint density at radius 2 is 2.03 bits per heavy atom. The van der Waals surface area contributed by atoms with Gasteiger partial charge in [-0.3, -0.25) is 23.7 Å². The molecule has 0 radical (unpaired) electrons. The van der Waals surface area contributed by atoms with Crippen LogP contribution in [0.5, 0.6) is 5.75 Å². The number of para-hydroxylation sites is 1. The molecular weight excluding hydrogens is 483 g/mol. The third kappa shape index (κ3) is 6.26. The van der Waals surface area contributed by atoms with Gasteiger partial charge in [-0.2, -0.15) is 5.09 Å². The van der Waals surface area contributed by atoms with Crippen molar-refractivity contribution in [2.45, 2.75) is 50.8 Å². The molecular formula is C21H29N4O9P. The zero-order valence-electron chi connectivity index (χ0n) is 19.5. The van der Waals surface area contributed by atoms with Crippen molar-refractivity contribution < 1.29 is 33.0 Å². The monoisotopic (exact) mass is 512 g/mol. The standard InChI is InChI=1S/C21H29N4O9P/c1-4-31-18(28)13(2)24-35(30,34-14-8-6-5-7-9-14)32-12-15-17(27)21(3,22)19(33-15)25-11-10-16(26)23-20(25)29/h5-11,13,15,17,19,27H,4,12,22H2,1-3H3,(H,24,30)(H,23,26,29)/t13-,15+,17?,19+,21+,35?/m0/s1. The summed E-state index contributed by atoms with van der Waals surface area (Å²) in [6, 6.07) is 8.20. The van der Waals surface area contributed by atoms with E-state index in [2.05, 4.69) is 10.1 Å². The van der Waals surface area contributed by atoms with E-state index in [0.717, 1.165) is 10.6 Å². The first-order valence-electron chi connectivity index (χ1n) is 10.8. The van der Waals surface area contributed by atoms with E-state index in [-0.39, 0.29) is 12.4 Å². The molecule has 1 aliphatic rings. The molecule has 192 valence electrons. The summed E-state index contributed by atoms with van der Waals surface area (Å²) in [6.45, 7) is 4.17. The Labute approximate surface area is 200 Å². The van der Waals surface area contributed by atoms with Crippen LogP contribution in [0.3, 0.4) is 0 Å². The molecule has 5 N–H and O–H groups in total. The molecule has 1 saturated heterocycles. The second-order valence-corrected chi connectivity index (χ2v) is 9.85. The number of H-pyrrole nitrogens is 1. The number of nitrogens with one attached hydrogen (secondary N) is 2. The summed E-state index contributed by atoms with van der Waals surface area (Å²) in [5.74, 6) is -0.467. The summed E-state index contributed by atoms with van der Waals surface area (Å²) in [6.07, 6.45) is -2.48. The molecule has 0 amide bonds. The van der Waals surface area contributed by atoms with Crippen LogP contribution in [0.4, 0.5) is 0 Å². The second kappa shape index (κ2) is 10.9. The van der Waals surface area contributed by atoms with Crippen molar-refractivity contribution in [2.24, 2.45) is 5.73 Å². The van der Waals surface area contributed by atoms with Gasteiger partial charge in [0.25, 0.3) is 5.56 Å². The number of carbonyl (C=O) groups is 1. The zero-order valence-corrected chi connectivity index (χ0v) is 20.3. The van der Waals surface area contributed by atoms with Gasteiger partial charge < -0.3 is 24.8 Å². The lowest BCUT2D eigenvalue weighted by Crippen LogP contribution is -2.53. The first kappa shape index (κ1) is 26.8. The van der Waals surface area contributed by atoms with Crippen molar-refractivity contribution in [1.82, 2.24) is 14.6 Å². The number of carbonyl (C=O) groups excluding carboxylic acids is 1. The zero-order chi connectivity index (χ0) is 25.8. The third-order valence-electron chi connectivity index (χ3n) is 5.30. The molecule has 1 aromatic heterocycles. The van der Waals surface area contributed by atoms with Crippen molar-refractivity contribution in [2.75, 3.05) is 13.2 Å². The number of hydrogen-bond acceptors (Lipinski definition) is 10. The molecule has 0 aliphatic carbocycles. The second-order valence-electron chi connectivity index (χ2n) is 8.16. The number of hydrogen-bond donors (Lipinski definition) is 4. The number of benzene rings is 1. The topological polar surface area (TPSA) is 184 Å². The molecule has 1 aliphatic heterocycles. The van der Waals surface area contributed by atoms with Gasteiger partial charge in [0.2, 0.25) is 0 Å². The fourth-order valence-electron chi connectivity index (χ4n) is 3.48. The molecule has 14 heteroatoms. The molecule has 2 unspecified atom stereocenters.